The van der Waals surface area contributed by atoms with E-state index in [0.29, 0.717) is 21.1 Å². The lowest BCUT2D eigenvalue weighted by molar-refractivity contribution is 0.0846. The van der Waals surface area contributed by atoms with Crippen molar-refractivity contribution in [2.75, 3.05) is 5.32 Å². The van der Waals surface area contributed by atoms with E-state index in [9.17, 15) is 14.4 Å². The number of hydrazine groups is 1. The Kier molecular flexibility index (Phi) is 5.24. The first-order valence-electron chi connectivity index (χ1n) is 7.34. The van der Waals surface area contributed by atoms with Gasteiger partial charge in [-0.15, -0.1) is 11.3 Å². The molecule has 0 aliphatic heterocycles. The lowest BCUT2D eigenvalue weighted by Crippen LogP contribution is -2.41. The Balaban J connectivity index is 1.62. The summed E-state index contributed by atoms with van der Waals surface area (Å²) in [4.78, 5) is 39.3. The third-order valence-electron chi connectivity index (χ3n) is 3.29. The average Bonchev–Trinajstić information content (AvgIpc) is 3.33. The van der Waals surface area contributed by atoms with Crippen molar-refractivity contribution in [2.24, 2.45) is 0 Å². The molecule has 0 atom stereocenters. The van der Waals surface area contributed by atoms with Gasteiger partial charge >= 0.3 is 0 Å². The van der Waals surface area contributed by atoms with Gasteiger partial charge in [0.1, 0.15) is 5.69 Å². The van der Waals surface area contributed by atoms with Gasteiger partial charge in [-0.2, -0.15) is 0 Å². The van der Waals surface area contributed by atoms with Crippen LogP contribution in [0.1, 0.15) is 36.3 Å². The molecule has 0 radical (unpaired) electrons. The number of nitrogens with one attached hydrogen (secondary N) is 4. The fraction of sp³-hybridized carbons (Fsp3) is 0.0625. The van der Waals surface area contributed by atoms with E-state index in [2.05, 4.69) is 37.1 Å². The zero-order valence-corrected chi connectivity index (χ0v) is 15.8. The van der Waals surface area contributed by atoms with Crippen molar-refractivity contribution in [2.45, 2.75) is 6.92 Å². The minimum atomic E-state index is -0.482. The summed E-state index contributed by atoms with van der Waals surface area (Å²) in [6.45, 7) is 1.73. The summed E-state index contributed by atoms with van der Waals surface area (Å²) in [5, 5.41) is 3.16. The first kappa shape index (κ1) is 18.0. The fourth-order valence-electron chi connectivity index (χ4n) is 2.09. The molecule has 4 N–H and O–H groups in total. The van der Waals surface area contributed by atoms with E-state index in [1.54, 1.807) is 31.3 Å². The van der Waals surface area contributed by atoms with Gasteiger partial charge in [0.2, 0.25) is 0 Å². The zero-order chi connectivity index (χ0) is 18.7. The topological polar surface area (TPSA) is 116 Å². The molecule has 3 aromatic rings. The first-order chi connectivity index (χ1) is 12.4. The molecule has 0 spiro atoms. The zero-order valence-electron chi connectivity index (χ0n) is 13.4. The maximum atomic E-state index is 12.3. The summed E-state index contributed by atoms with van der Waals surface area (Å²) < 4.78 is 5.74. The summed E-state index contributed by atoms with van der Waals surface area (Å²) in [7, 11) is 0. The van der Waals surface area contributed by atoms with Gasteiger partial charge in [0, 0.05) is 10.7 Å². The Morgan fingerprint density at radius 1 is 1.15 bits per heavy atom. The second kappa shape index (κ2) is 7.58. The Bertz CT molecular complexity index is 961. The molecule has 3 heterocycles. The normalized spacial score (nSPS) is 10.4. The van der Waals surface area contributed by atoms with E-state index in [1.165, 1.54) is 12.3 Å². The molecule has 26 heavy (non-hydrogen) atoms. The van der Waals surface area contributed by atoms with Gasteiger partial charge in [-0.1, -0.05) is 0 Å². The minimum absolute atomic E-state index is 0.173. The number of aromatic nitrogens is 1. The molecule has 3 amide bonds. The highest BCUT2D eigenvalue weighted by atomic mass is 79.9. The number of hydrogen-bond donors (Lipinski definition) is 4. The highest BCUT2D eigenvalue weighted by Gasteiger charge is 2.17. The van der Waals surface area contributed by atoms with Crippen molar-refractivity contribution >= 4 is 50.0 Å². The summed E-state index contributed by atoms with van der Waals surface area (Å²) >= 11 is 4.32. The van der Waals surface area contributed by atoms with Gasteiger partial charge in [-0.25, -0.2) is 0 Å². The third kappa shape index (κ3) is 4.03. The van der Waals surface area contributed by atoms with Crippen LogP contribution >= 0.6 is 27.3 Å². The monoisotopic (exact) mass is 436 g/mol. The molecule has 8 nitrogen and oxygen atoms in total. The number of aryl methyl sites for hydroxylation is 1. The van der Waals surface area contributed by atoms with Gasteiger partial charge in [0.15, 0.2) is 5.76 Å². The number of amides is 3. The van der Waals surface area contributed by atoms with Crippen LogP contribution in [0.3, 0.4) is 0 Å². The molecule has 0 saturated heterocycles. The van der Waals surface area contributed by atoms with E-state index in [1.807, 2.05) is 0 Å². The molecule has 0 aliphatic carbocycles. The van der Waals surface area contributed by atoms with Crippen LogP contribution in [-0.4, -0.2) is 22.7 Å². The molecule has 0 bridgehead atoms. The van der Waals surface area contributed by atoms with Crippen molar-refractivity contribution in [1.82, 2.24) is 15.8 Å². The van der Waals surface area contributed by atoms with E-state index in [-0.39, 0.29) is 5.76 Å². The molecular formula is C16H13BrN4O4S. The Labute approximate surface area is 160 Å². The van der Waals surface area contributed by atoms with Gasteiger partial charge in [-0.05, 0) is 52.7 Å². The molecule has 3 aromatic heterocycles. The van der Waals surface area contributed by atoms with Crippen molar-refractivity contribution < 1.29 is 18.8 Å². The SMILES string of the molecule is Cc1cc(NC(=O)c2ccco2)sc1C(=O)NNC(=O)c1cc(Br)c[nH]1. The second-order valence-electron chi connectivity index (χ2n) is 5.19. The smallest absolute Gasteiger partial charge is 0.291 e. The summed E-state index contributed by atoms with van der Waals surface area (Å²) in [5.41, 5.74) is 5.63. The van der Waals surface area contributed by atoms with E-state index < -0.39 is 17.7 Å². The number of H-pyrrole nitrogens is 1. The number of carbonyl (C=O) groups is 3. The predicted molar refractivity (Wildman–Crippen MR) is 99.1 cm³/mol. The average molecular weight is 437 g/mol. The van der Waals surface area contributed by atoms with Crippen molar-refractivity contribution in [1.29, 1.82) is 0 Å². The number of halogens is 1. The van der Waals surface area contributed by atoms with Gasteiger partial charge in [-0.3, -0.25) is 25.2 Å². The van der Waals surface area contributed by atoms with Gasteiger partial charge in [0.05, 0.1) is 16.1 Å². The molecule has 134 valence electrons. The van der Waals surface area contributed by atoms with Gasteiger partial charge in [0.25, 0.3) is 17.7 Å². The van der Waals surface area contributed by atoms with Crippen LogP contribution in [0, 0.1) is 6.92 Å². The summed E-state index contributed by atoms with van der Waals surface area (Å²) in [6, 6.07) is 6.40. The fourth-order valence-corrected chi connectivity index (χ4v) is 3.39. The predicted octanol–water partition coefficient (Wildman–Crippen LogP) is 3.07. The summed E-state index contributed by atoms with van der Waals surface area (Å²) in [5.74, 6) is -1.20. The molecule has 3 rings (SSSR count). The molecule has 0 aromatic carbocycles. The van der Waals surface area contributed by atoms with Crippen LogP contribution in [0.15, 0.2) is 45.6 Å². The Morgan fingerprint density at radius 3 is 2.58 bits per heavy atom. The van der Waals surface area contributed by atoms with Gasteiger partial charge < -0.3 is 14.7 Å². The highest BCUT2D eigenvalue weighted by Crippen LogP contribution is 2.27. The highest BCUT2D eigenvalue weighted by molar-refractivity contribution is 9.10. The number of rotatable bonds is 4. The number of aromatic amines is 1. The standard InChI is InChI=1S/C16H13BrN4O4S/c1-8-5-12(19-15(23)11-3-2-4-25-11)26-13(8)16(24)21-20-14(22)10-6-9(17)7-18-10/h2-7,18H,1H3,(H,19,23)(H,20,22)(H,21,24). The minimum Gasteiger partial charge on any atom is -0.459 e. The molecule has 0 unspecified atom stereocenters. The van der Waals surface area contributed by atoms with Crippen molar-refractivity contribution in [3.8, 4) is 0 Å². The molecule has 0 saturated carbocycles. The number of carbonyl (C=O) groups excluding carboxylic acids is 3. The van der Waals surface area contributed by atoms with Crippen LogP contribution in [0.5, 0.6) is 0 Å². The Hall–Kier alpha value is -2.85. The van der Waals surface area contributed by atoms with E-state index in [0.717, 1.165) is 15.8 Å². The number of thiophene rings is 1. The van der Waals surface area contributed by atoms with E-state index in [4.69, 9.17) is 4.42 Å². The maximum absolute atomic E-state index is 12.3. The number of hydrogen-bond acceptors (Lipinski definition) is 5. The molecular weight excluding hydrogens is 424 g/mol. The molecule has 10 heteroatoms. The number of furan rings is 1. The van der Waals surface area contributed by atoms with Crippen LogP contribution in [-0.2, 0) is 0 Å². The van der Waals surface area contributed by atoms with Crippen LogP contribution in [0.4, 0.5) is 5.00 Å². The maximum Gasteiger partial charge on any atom is 0.291 e. The molecule has 0 fully saturated rings. The van der Waals surface area contributed by atoms with Crippen molar-refractivity contribution in [3.05, 3.63) is 63.1 Å². The van der Waals surface area contributed by atoms with Crippen LogP contribution in [0.25, 0.3) is 0 Å². The summed E-state index contributed by atoms with van der Waals surface area (Å²) in [6.07, 6.45) is 3.01. The van der Waals surface area contributed by atoms with Crippen molar-refractivity contribution in [3.63, 3.8) is 0 Å². The lowest BCUT2D eigenvalue weighted by atomic mass is 10.3. The third-order valence-corrected chi connectivity index (χ3v) is 4.90. The first-order valence-corrected chi connectivity index (χ1v) is 8.95. The van der Waals surface area contributed by atoms with Crippen LogP contribution in [0.2, 0.25) is 0 Å². The number of anilines is 1. The van der Waals surface area contributed by atoms with E-state index >= 15 is 0 Å². The quantitative estimate of drug-likeness (QED) is 0.470. The largest absolute Gasteiger partial charge is 0.459 e. The molecule has 0 aliphatic rings. The Morgan fingerprint density at radius 2 is 1.92 bits per heavy atom. The lowest BCUT2D eigenvalue weighted by Gasteiger charge is -2.05. The van der Waals surface area contributed by atoms with Crippen LogP contribution < -0.4 is 16.2 Å². The second-order valence-corrected chi connectivity index (χ2v) is 7.16.